The molecular weight excluding hydrogens is 505 g/mol. The lowest BCUT2D eigenvalue weighted by Crippen LogP contribution is -2.43. The maximum Gasteiger partial charge on any atom is 0.197 e. The number of rotatable bonds is 8. The van der Waals surface area contributed by atoms with Crippen molar-refractivity contribution in [3.63, 3.8) is 0 Å². The maximum atomic E-state index is 7.87. The smallest absolute Gasteiger partial charge is 0.197 e. The van der Waals surface area contributed by atoms with E-state index < -0.39 is 21.3 Å². The molecule has 1 aromatic heterocycles. The van der Waals surface area contributed by atoms with Crippen LogP contribution in [-0.2, 0) is 9.16 Å². The summed E-state index contributed by atoms with van der Waals surface area (Å²) in [6, 6.07) is 1.63. The van der Waals surface area contributed by atoms with Crippen molar-refractivity contribution >= 4 is 46.8 Å². The van der Waals surface area contributed by atoms with E-state index in [2.05, 4.69) is 54.8 Å². The molecule has 0 amide bonds. The number of hydrogen-bond acceptors (Lipinski definition) is 5. The van der Waals surface area contributed by atoms with Crippen LogP contribution in [0.5, 0.6) is 11.5 Å². The van der Waals surface area contributed by atoms with E-state index in [9.17, 15) is 0 Å². The lowest BCUT2D eigenvalue weighted by Gasteiger charge is -2.37. The second kappa shape index (κ2) is 9.16. The Morgan fingerprint density at radius 1 is 1.42 bits per heavy atom. The Bertz CT molecular complexity index is 641. The predicted octanol–water partition coefficient (Wildman–Crippen LogP) is 5.22. The summed E-state index contributed by atoms with van der Waals surface area (Å²) < 4.78 is 47.0. The summed E-state index contributed by atoms with van der Waals surface area (Å²) in [5.41, 5.74) is 0. The van der Waals surface area contributed by atoms with Gasteiger partial charge in [0.2, 0.25) is 0 Å². The molecule has 5 nitrogen and oxygen atoms in total. The average molecular weight is 535 g/mol. The van der Waals surface area contributed by atoms with Gasteiger partial charge in [-0.1, -0.05) is 20.8 Å². The van der Waals surface area contributed by atoms with Gasteiger partial charge >= 0.3 is 0 Å². The zero-order chi connectivity index (χ0) is 21.0. The first kappa shape index (κ1) is 17.5. The van der Waals surface area contributed by atoms with Crippen LogP contribution in [0.2, 0.25) is 18.1 Å². The van der Waals surface area contributed by atoms with Gasteiger partial charge in [-0.2, -0.15) is 0 Å². The zero-order valence-corrected chi connectivity index (χ0v) is 19.6. The van der Waals surface area contributed by atoms with Gasteiger partial charge in [0, 0.05) is 17.3 Å². The number of methoxy groups -OCH3 is 1. The minimum absolute atomic E-state index is 0.0177. The Kier molecular flexibility index (Phi) is 6.68. The molecule has 0 aliphatic carbocycles. The summed E-state index contributed by atoms with van der Waals surface area (Å²) in [5.74, 6) is 0.567. The van der Waals surface area contributed by atoms with Crippen LogP contribution in [0.15, 0.2) is 10.7 Å². The van der Waals surface area contributed by atoms with Crippen LogP contribution in [0, 0.1) is 3.70 Å². The second-order valence-electron chi connectivity index (χ2n) is 6.79. The van der Waals surface area contributed by atoms with Gasteiger partial charge in [-0.15, -0.1) is 0 Å². The van der Waals surface area contributed by atoms with Gasteiger partial charge in [0.25, 0.3) is 0 Å². The number of halogens is 2. The summed E-state index contributed by atoms with van der Waals surface area (Å²) in [7, 11) is -0.632. The van der Waals surface area contributed by atoms with E-state index in [0.717, 1.165) is 0 Å². The molecule has 0 bridgehead atoms. The Morgan fingerprint density at radius 2 is 2.08 bits per heavy atom. The van der Waals surface area contributed by atoms with Gasteiger partial charge in [-0.05, 0) is 63.5 Å². The quantitative estimate of drug-likeness (QED) is 0.198. The van der Waals surface area contributed by atoms with Gasteiger partial charge in [-0.3, -0.25) is 0 Å². The summed E-state index contributed by atoms with van der Waals surface area (Å²) in [6.45, 7) is 8.03. The Balaban J connectivity index is 3.11. The molecular formula is C16H27BrINO4Si. The maximum absolute atomic E-state index is 7.87. The highest BCUT2D eigenvalue weighted by Gasteiger charge is 2.37. The van der Waals surface area contributed by atoms with Crippen LogP contribution >= 0.6 is 38.5 Å². The molecule has 1 rings (SSSR count). The van der Waals surface area contributed by atoms with Crippen molar-refractivity contribution in [2.45, 2.75) is 51.9 Å². The van der Waals surface area contributed by atoms with E-state index in [1.165, 1.54) is 7.11 Å². The molecule has 8 heteroatoms. The topological polar surface area (TPSA) is 49.8 Å². The molecule has 0 saturated heterocycles. The van der Waals surface area contributed by atoms with Gasteiger partial charge in [-0.25, -0.2) is 4.98 Å². The number of pyridine rings is 1. The molecule has 0 saturated carbocycles. The molecule has 1 heterocycles. The lowest BCUT2D eigenvalue weighted by atomic mass is 10.2. The molecule has 1 unspecified atom stereocenters. The van der Waals surface area contributed by atoms with Gasteiger partial charge < -0.3 is 18.6 Å². The first-order chi connectivity index (χ1) is 12.2. The van der Waals surface area contributed by atoms with E-state index in [1.54, 1.807) is 6.07 Å². The van der Waals surface area contributed by atoms with E-state index in [4.69, 9.17) is 22.7 Å². The summed E-state index contributed by atoms with van der Waals surface area (Å²) in [4.78, 5) is 4.25. The number of nitrogens with zero attached hydrogens (tertiary/aromatic N) is 1. The summed E-state index contributed by atoms with van der Waals surface area (Å²) in [6.07, 6.45) is -1.14. The average Bonchev–Trinajstić information content (AvgIpc) is 2.48. The van der Waals surface area contributed by atoms with Crippen molar-refractivity contribution in [1.82, 2.24) is 4.98 Å². The van der Waals surface area contributed by atoms with Crippen LogP contribution in [0.3, 0.4) is 0 Å². The highest BCUT2D eigenvalue weighted by molar-refractivity contribution is 14.1. The fourth-order valence-electron chi connectivity index (χ4n) is 1.48. The van der Waals surface area contributed by atoms with Crippen molar-refractivity contribution in [3.8, 4) is 11.5 Å². The lowest BCUT2D eigenvalue weighted by molar-refractivity contribution is 0.0449. The van der Waals surface area contributed by atoms with Crippen LogP contribution in [0.1, 0.15) is 31.7 Å². The van der Waals surface area contributed by atoms with Crippen molar-refractivity contribution < 1.29 is 22.7 Å². The summed E-state index contributed by atoms with van der Waals surface area (Å²) >= 11 is 5.35. The third kappa shape index (κ3) is 6.43. The molecule has 24 heavy (non-hydrogen) atoms. The van der Waals surface area contributed by atoms with Crippen LogP contribution < -0.4 is 9.47 Å². The molecule has 0 N–H and O–H groups in total. The molecule has 0 aliphatic heterocycles. The predicted molar refractivity (Wildman–Crippen MR) is 110 cm³/mol. The zero-order valence-electron chi connectivity index (χ0n) is 17.9. The van der Waals surface area contributed by atoms with Crippen molar-refractivity contribution in [2.75, 3.05) is 20.5 Å². The SMILES string of the molecule is [2H]C([2H])([2H])C(CO[Si](C)(C)C(C)(C)C)Oc1cc(I)nc(Br)c1OCOC. The van der Waals surface area contributed by atoms with E-state index in [-0.39, 0.29) is 24.2 Å². The molecule has 1 atom stereocenters. The van der Waals surface area contributed by atoms with Gasteiger partial charge in [0.1, 0.15) is 9.80 Å². The van der Waals surface area contributed by atoms with Crippen LogP contribution in [0.25, 0.3) is 0 Å². The van der Waals surface area contributed by atoms with E-state index in [1.807, 2.05) is 22.6 Å². The number of ether oxygens (including phenoxy) is 3. The summed E-state index contributed by atoms with van der Waals surface area (Å²) in [5, 5.41) is -0.0336. The molecule has 0 spiro atoms. The normalized spacial score (nSPS) is 16.1. The van der Waals surface area contributed by atoms with Crippen molar-refractivity contribution in [1.29, 1.82) is 0 Å². The molecule has 0 aliphatic rings. The number of hydrogen-bond donors (Lipinski definition) is 0. The third-order valence-electron chi connectivity index (χ3n) is 3.86. The van der Waals surface area contributed by atoms with Gasteiger partial charge in [0.15, 0.2) is 31.2 Å². The minimum Gasteiger partial charge on any atom is -0.484 e. The van der Waals surface area contributed by atoms with Gasteiger partial charge in [0.05, 0.1) is 6.61 Å². The monoisotopic (exact) mass is 534 g/mol. The first-order valence-corrected chi connectivity index (χ1v) is 12.3. The second-order valence-corrected chi connectivity index (χ2v) is 13.5. The Hall–Kier alpha value is 0.0969. The van der Waals surface area contributed by atoms with Crippen molar-refractivity contribution in [3.05, 3.63) is 14.4 Å². The highest BCUT2D eigenvalue weighted by Crippen LogP contribution is 2.38. The first-order valence-electron chi connectivity index (χ1n) is 8.97. The molecule has 0 radical (unpaired) electrons. The molecule has 1 aromatic rings. The van der Waals surface area contributed by atoms with Crippen molar-refractivity contribution in [2.24, 2.45) is 0 Å². The van der Waals surface area contributed by atoms with Crippen LogP contribution in [0.4, 0.5) is 0 Å². The van der Waals surface area contributed by atoms with E-state index >= 15 is 0 Å². The molecule has 138 valence electrons. The standard InChI is InChI=1S/C16H27BrINO4Si/c1-11(9-22-24(6,7)16(2,3)4)23-12-8-13(18)19-15(17)14(12)21-10-20-5/h8,11H,9-10H2,1-7H3/i1D3. The Labute approximate surface area is 172 Å². The minimum atomic E-state index is -2.36. The third-order valence-corrected chi connectivity index (χ3v) is 9.45. The largest absolute Gasteiger partial charge is 0.484 e. The highest BCUT2D eigenvalue weighted by atomic mass is 127. The fraction of sp³-hybridized carbons (Fsp3) is 0.688. The molecule has 0 fully saturated rings. The van der Waals surface area contributed by atoms with E-state index in [0.29, 0.717) is 14.1 Å². The fourth-order valence-corrected chi connectivity index (χ4v) is 3.83. The Morgan fingerprint density at radius 3 is 2.62 bits per heavy atom. The van der Waals surface area contributed by atoms with Crippen LogP contribution in [-0.4, -0.2) is 39.9 Å². The molecule has 0 aromatic carbocycles. The number of aromatic nitrogens is 1.